The highest BCUT2D eigenvalue weighted by atomic mass is 32.1. The zero-order valence-corrected chi connectivity index (χ0v) is 14.6. The van der Waals surface area contributed by atoms with E-state index in [0.29, 0.717) is 21.3 Å². The number of carbonyl (C=O) groups is 2. The van der Waals surface area contributed by atoms with Gasteiger partial charge in [0.1, 0.15) is 15.7 Å². The first-order valence-electron chi connectivity index (χ1n) is 7.63. The number of carboxylic acids is 1. The van der Waals surface area contributed by atoms with E-state index < -0.39 is 5.97 Å². The molecule has 3 aromatic rings. The Morgan fingerprint density at radius 2 is 1.80 bits per heavy atom. The molecule has 5 nitrogen and oxygen atoms in total. The second kappa shape index (κ2) is 6.86. The lowest BCUT2D eigenvalue weighted by Gasteiger charge is -2.03. The highest BCUT2D eigenvalue weighted by Gasteiger charge is 2.16. The molecule has 0 saturated heterocycles. The molecule has 0 bridgehead atoms. The summed E-state index contributed by atoms with van der Waals surface area (Å²) >= 11 is 1.32. The van der Waals surface area contributed by atoms with Crippen molar-refractivity contribution in [3.8, 4) is 21.8 Å². The molecule has 0 spiro atoms. The Morgan fingerprint density at radius 3 is 2.44 bits per heavy atom. The van der Waals surface area contributed by atoms with Crippen LogP contribution in [0.3, 0.4) is 0 Å². The summed E-state index contributed by atoms with van der Waals surface area (Å²) in [5, 5.41) is 13.3. The van der Waals surface area contributed by atoms with Crippen molar-refractivity contribution in [3.63, 3.8) is 0 Å². The second-order valence-corrected chi connectivity index (χ2v) is 6.63. The molecule has 0 fully saturated rings. The molecule has 2 N–H and O–H groups in total. The van der Waals surface area contributed by atoms with Gasteiger partial charge in [0, 0.05) is 18.1 Å². The number of anilines is 1. The van der Waals surface area contributed by atoms with Crippen molar-refractivity contribution in [2.24, 2.45) is 0 Å². The first kappa shape index (κ1) is 16.9. The standard InChI is InChI=1S/C19H16N2O3S/c1-11-6-8-13(9-7-11)16-18(20-12(2)22)25-17(21-16)14-4-3-5-15(10-14)19(23)24/h3-10H,1-2H3,(H,20,22)(H,23,24). The van der Waals surface area contributed by atoms with Crippen molar-refractivity contribution in [1.29, 1.82) is 0 Å². The minimum absolute atomic E-state index is 0.178. The third-order valence-corrected chi connectivity index (χ3v) is 4.62. The van der Waals surface area contributed by atoms with Crippen LogP contribution in [0, 0.1) is 6.92 Å². The average Bonchev–Trinajstić information content (AvgIpc) is 2.99. The van der Waals surface area contributed by atoms with Crippen LogP contribution in [0.2, 0.25) is 0 Å². The number of hydrogen-bond acceptors (Lipinski definition) is 4. The van der Waals surface area contributed by atoms with E-state index in [1.54, 1.807) is 12.1 Å². The van der Waals surface area contributed by atoms with E-state index in [1.807, 2.05) is 37.3 Å². The van der Waals surface area contributed by atoms with Crippen LogP contribution >= 0.6 is 11.3 Å². The highest BCUT2D eigenvalue weighted by Crippen LogP contribution is 2.38. The van der Waals surface area contributed by atoms with E-state index in [9.17, 15) is 9.59 Å². The number of rotatable bonds is 4. The number of benzene rings is 2. The summed E-state index contributed by atoms with van der Waals surface area (Å²) < 4.78 is 0. The molecule has 2 aromatic carbocycles. The number of aromatic nitrogens is 1. The maximum atomic E-state index is 11.5. The summed E-state index contributed by atoms with van der Waals surface area (Å²) in [5.41, 5.74) is 3.61. The third-order valence-electron chi connectivity index (χ3n) is 3.60. The average molecular weight is 352 g/mol. The predicted molar refractivity (Wildman–Crippen MR) is 99.0 cm³/mol. The lowest BCUT2D eigenvalue weighted by molar-refractivity contribution is -0.114. The number of thiazole rings is 1. The van der Waals surface area contributed by atoms with Gasteiger partial charge in [0.15, 0.2) is 0 Å². The van der Waals surface area contributed by atoms with E-state index in [1.165, 1.54) is 24.3 Å². The van der Waals surface area contributed by atoms with Crippen LogP contribution in [0.15, 0.2) is 48.5 Å². The van der Waals surface area contributed by atoms with Crippen LogP contribution < -0.4 is 5.32 Å². The second-order valence-electron chi connectivity index (χ2n) is 5.63. The van der Waals surface area contributed by atoms with Gasteiger partial charge >= 0.3 is 5.97 Å². The number of nitrogens with one attached hydrogen (secondary N) is 1. The number of carbonyl (C=O) groups excluding carboxylic acids is 1. The summed E-state index contributed by atoms with van der Waals surface area (Å²) in [6.07, 6.45) is 0. The van der Waals surface area contributed by atoms with E-state index in [4.69, 9.17) is 5.11 Å². The fourth-order valence-electron chi connectivity index (χ4n) is 2.38. The van der Waals surface area contributed by atoms with Crippen LogP contribution in [0.5, 0.6) is 0 Å². The van der Waals surface area contributed by atoms with Crippen LogP contribution in [0.25, 0.3) is 21.8 Å². The van der Waals surface area contributed by atoms with Gasteiger partial charge in [-0.15, -0.1) is 0 Å². The monoisotopic (exact) mass is 352 g/mol. The highest BCUT2D eigenvalue weighted by molar-refractivity contribution is 7.19. The fourth-order valence-corrected chi connectivity index (χ4v) is 3.41. The molecule has 126 valence electrons. The zero-order valence-electron chi connectivity index (χ0n) is 13.7. The predicted octanol–water partition coefficient (Wildman–Crippen LogP) is 4.44. The van der Waals surface area contributed by atoms with Gasteiger partial charge in [-0.05, 0) is 19.1 Å². The van der Waals surface area contributed by atoms with Gasteiger partial charge < -0.3 is 10.4 Å². The number of hydrogen-bond donors (Lipinski definition) is 2. The lowest BCUT2D eigenvalue weighted by Crippen LogP contribution is -2.05. The number of nitrogens with zero attached hydrogens (tertiary/aromatic N) is 1. The number of aromatic carboxylic acids is 1. The molecule has 1 heterocycles. The van der Waals surface area contributed by atoms with Crippen molar-refractivity contribution >= 4 is 28.2 Å². The smallest absolute Gasteiger partial charge is 0.335 e. The van der Waals surface area contributed by atoms with Gasteiger partial charge in [-0.3, -0.25) is 4.79 Å². The molecule has 0 unspecified atom stereocenters. The van der Waals surface area contributed by atoms with Crippen molar-refractivity contribution in [1.82, 2.24) is 4.98 Å². The van der Waals surface area contributed by atoms with Gasteiger partial charge in [-0.25, -0.2) is 9.78 Å². The van der Waals surface area contributed by atoms with Gasteiger partial charge in [0.25, 0.3) is 0 Å². The molecule has 6 heteroatoms. The topological polar surface area (TPSA) is 79.3 Å². The Kier molecular flexibility index (Phi) is 4.63. The summed E-state index contributed by atoms with van der Waals surface area (Å²) in [6.45, 7) is 3.45. The van der Waals surface area contributed by atoms with Gasteiger partial charge in [-0.1, -0.05) is 53.3 Å². The fraction of sp³-hybridized carbons (Fsp3) is 0.105. The SMILES string of the molecule is CC(=O)Nc1sc(-c2cccc(C(=O)O)c2)nc1-c1ccc(C)cc1. The normalized spacial score (nSPS) is 10.5. The van der Waals surface area contributed by atoms with E-state index >= 15 is 0 Å². The van der Waals surface area contributed by atoms with Gasteiger partial charge in [0.05, 0.1) is 5.56 Å². The molecule has 0 aliphatic carbocycles. The molecular weight excluding hydrogens is 336 g/mol. The maximum absolute atomic E-state index is 11.5. The zero-order chi connectivity index (χ0) is 18.0. The van der Waals surface area contributed by atoms with Crippen LogP contribution in [-0.2, 0) is 4.79 Å². The molecule has 1 amide bonds. The third kappa shape index (κ3) is 3.75. The molecule has 0 aliphatic heterocycles. The van der Waals surface area contributed by atoms with E-state index in [-0.39, 0.29) is 11.5 Å². The quantitative estimate of drug-likeness (QED) is 0.727. The first-order valence-corrected chi connectivity index (χ1v) is 8.45. The molecular formula is C19H16N2O3S. The Labute approximate surface area is 149 Å². The largest absolute Gasteiger partial charge is 0.478 e. The molecule has 0 aliphatic rings. The summed E-state index contributed by atoms with van der Waals surface area (Å²) in [7, 11) is 0. The van der Waals surface area contributed by atoms with E-state index in [0.717, 1.165) is 11.1 Å². The minimum Gasteiger partial charge on any atom is -0.478 e. The van der Waals surface area contributed by atoms with Gasteiger partial charge in [0.2, 0.25) is 5.91 Å². The Bertz CT molecular complexity index is 946. The number of carboxylic acid groups (broad SMARTS) is 1. The Morgan fingerprint density at radius 1 is 1.08 bits per heavy atom. The molecule has 1 aromatic heterocycles. The molecule has 0 atom stereocenters. The van der Waals surface area contributed by atoms with Crippen LogP contribution in [0.1, 0.15) is 22.8 Å². The molecule has 25 heavy (non-hydrogen) atoms. The number of aryl methyl sites for hydroxylation is 1. The van der Waals surface area contributed by atoms with Crippen molar-refractivity contribution in [2.75, 3.05) is 5.32 Å². The Balaban J connectivity index is 2.10. The molecule has 0 radical (unpaired) electrons. The summed E-state index contributed by atoms with van der Waals surface area (Å²) in [5.74, 6) is -1.16. The minimum atomic E-state index is -0.987. The first-order chi connectivity index (χ1) is 11.9. The summed E-state index contributed by atoms with van der Waals surface area (Å²) in [6, 6.07) is 14.5. The molecule has 3 rings (SSSR count). The number of amides is 1. The lowest BCUT2D eigenvalue weighted by atomic mass is 10.1. The van der Waals surface area contributed by atoms with E-state index in [2.05, 4.69) is 10.3 Å². The molecule has 0 saturated carbocycles. The maximum Gasteiger partial charge on any atom is 0.335 e. The van der Waals surface area contributed by atoms with Crippen LogP contribution in [-0.4, -0.2) is 22.0 Å². The summed E-state index contributed by atoms with van der Waals surface area (Å²) in [4.78, 5) is 27.4. The van der Waals surface area contributed by atoms with Crippen molar-refractivity contribution in [2.45, 2.75) is 13.8 Å². The van der Waals surface area contributed by atoms with Crippen molar-refractivity contribution < 1.29 is 14.7 Å². The van der Waals surface area contributed by atoms with Crippen molar-refractivity contribution in [3.05, 3.63) is 59.7 Å². The van der Waals surface area contributed by atoms with Gasteiger partial charge in [-0.2, -0.15) is 0 Å². The van der Waals surface area contributed by atoms with Crippen LogP contribution in [0.4, 0.5) is 5.00 Å². The Hall–Kier alpha value is -2.99.